The van der Waals surface area contributed by atoms with Gasteiger partial charge in [0.05, 0.1) is 12.2 Å². The third-order valence-corrected chi connectivity index (χ3v) is 3.59. The van der Waals surface area contributed by atoms with Crippen LogP contribution < -0.4 is 5.32 Å². The van der Waals surface area contributed by atoms with Crippen LogP contribution in [0.5, 0.6) is 0 Å². The Hall–Kier alpha value is -0.0500. The molecule has 2 nitrogen and oxygen atoms in total. The monoisotopic (exact) mass is 215 g/mol. The molecule has 1 N–H and O–H groups in total. The summed E-state index contributed by atoms with van der Waals surface area (Å²) in [7, 11) is 0. The molecule has 0 aromatic heterocycles. The minimum atomic E-state index is 0.455. The average molecular weight is 216 g/mol. The van der Waals surface area contributed by atoms with Crippen molar-refractivity contribution in [1.29, 1.82) is 0 Å². The van der Waals surface area contributed by atoms with Gasteiger partial charge in [0.15, 0.2) is 0 Å². The fourth-order valence-electron chi connectivity index (χ4n) is 2.36. The molecule has 2 aliphatic heterocycles. The zero-order valence-electron chi connectivity index (χ0n) is 8.63. The van der Waals surface area contributed by atoms with Crippen molar-refractivity contribution in [2.24, 2.45) is 0 Å². The molecule has 0 aliphatic carbocycles. The van der Waals surface area contributed by atoms with Gasteiger partial charge in [0.25, 0.3) is 0 Å². The molecule has 3 heteroatoms. The summed E-state index contributed by atoms with van der Waals surface area (Å²) in [5.74, 6) is 0. The summed E-state index contributed by atoms with van der Waals surface area (Å²) >= 11 is 5.61. The molecular formula is C11H18ClNO. The maximum atomic E-state index is 5.86. The largest absolute Gasteiger partial charge is 0.373 e. The molecule has 0 radical (unpaired) electrons. The molecule has 2 heterocycles. The minimum Gasteiger partial charge on any atom is -0.373 e. The third kappa shape index (κ3) is 2.30. The van der Waals surface area contributed by atoms with Crippen molar-refractivity contribution in [3.63, 3.8) is 0 Å². The second-order valence-electron chi connectivity index (χ2n) is 4.39. The summed E-state index contributed by atoms with van der Waals surface area (Å²) in [6.07, 6.45) is 5.97. The molecule has 0 amide bonds. The Morgan fingerprint density at radius 3 is 3.00 bits per heavy atom. The highest BCUT2D eigenvalue weighted by Crippen LogP contribution is 2.32. The van der Waals surface area contributed by atoms with E-state index in [1.54, 1.807) is 5.54 Å². The molecule has 2 saturated heterocycles. The highest BCUT2D eigenvalue weighted by Gasteiger charge is 2.36. The summed E-state index contributed by atoms with van der Waals surface area (Å²) in [6, 6.07) is 0.542. The molecule has 0 saturated carbocycles. The lowest BCUT2D eigenvalue weighted by Crippen LogP contribution is -2.43. The van der Waals surface area contributed by atoms with Crippen molar-refractivity contribution in [1.82, 2.24) is 5.32 Å². The molecule has 0 aromatic carbocycles. The molecule has 0 spiro atoms. The standard InChI is InChI=1S/C11H18ClNO/c1-8(6-12)7-13-10-4-2-9-3-5-11(10)14-9/h6,9-11,13H,2-5,7H2,1H3/b8-6+. The zero-order valence-corrected chi connectivity index (χ0v) is 9.39. The molecule has 14 heavy (non-hydrogen) atoms. The van der Waals surface area contributed by atoms with E-state index < -0.39 is 0 Å². The molecule has 2 bridgehead atoms. The van der Waals surface area contributed by atoms with Crippen LogP contribution in [0.3, 0.4) is 0 Å². The Bertz CT molecular complexity index is 229. The van der Waals surface area contributed by atoms with Crippen molar-refractivity contribution >= 4 is 11.6 Å². The lowest BCUT2D eigenvalue weighted by Gasteiger charge is -2.30. The summed E-state index contributed by atoms with van der Waals surface area (Å²) < 4.78 is 5.86. The van der Waals surface area contributed by atoms with E-state index in [4.69, 9.17) is 16.3 Å². The SMILES string of the molecule is C/C(=C\Cl)CNC1CCC2CCC1O2. The number of fused-ring (bicyclic) bond motifs is 2. The summed E-state index contributed by atoms with van der Waals surface area (Å²) in [5.41, 5.74) is 2.83. The summed E-state index contributed by atoms with van der Waals surface area (Å²) in [6.45, 7) is 2.93. The van der Waals surface area contributed by atoms with E-state index in [1.165, 1.54) is 31.3 Å². The lowest BCUT2D eigenvalue weighted by atomic mass is 10.0. The smallest absolute Gasteiger partial charge is 0.0732 e. The van der Waals surface area contributed by atoms with Gasteiger partial charge < -0.3 is 10.1 Å². The first kappa shape index (κ1) is 10.5. The van der Waals surface area contributed by atoms with Gasteiger partial charge >= 0.3 is 0 Å². The van der Waals surface area contributed by atoms with Gasteiger partial charge in [-0.05, 0) is 38.2 Å². The highest BCUT2D eigenvalue weighted by atomic mass is 35.5. The fraction of sp³-hybridized carbons (Fsp3) is 0.818. The molecule has 3 atom stereocenters. The Kier molecular flexibility index (Phi) is 3.47. The Morgan fingerprint density at radius 1 is 1.43 bits per heavy atom. The normalized spacial score (nSPS) is 37.6. The highest BCUT2D eigenvalue weighted by molar-refractivity contribution is 6.25. The second kappa shape index (κ2) is 4.65. The lowest BCUT2D eigenvalue weighted by molar-refractivity contribution is -0.0155. The number of hydrogen-bond donors (Lipinski definition) is 1. The van der Waals surface area contributed by atoms with E-state index in [-0.39, 0.29) is 0 Å². The third-order valence-electron chi connectivity index (χ3n) is 3.22. The van der Waals surface area contributed by atoms with Crippen molar-refractivity contribution in [3.8, 4) is 0 Å². The summed E-state index contributed by atoms with van der Waals surface area (Å²) in [5, 5.41) is 3.52. The van der Waals surface area contributed by atoms with Crippen molar-refractivity contribution in [2.45, 2.75) is 50.9 Å². The Balaban J connectivity index is 1.80. The van der Waals surface area contributed by atoms with Crippen molar-refractivity contribution in [2.75, 3.05) is 6.54 Å². The molecule has 0 aromatic rings. The predicted octanol–water partition coefficient (Wildman–Crippen LogP) is 2.43. The van der Waals surface area contributed by atoms with Gasteiger partial charge in [-0.15, -0.1) is 0 Å². The van der Waals surface area contributed by atoms with Gasteiger partial charge in [-0.1, -0.05) is 11.6 Å². The Morgan fingerprint density at radius 2 is 2.21 bits per heavy atom. The molecule has 2 aliphatic rings. The summed E-state index contributed by atoms with van der Waals surface area (Å²) in [4.78, 5) is 0. The number of rotatable bonds is 3. The first-order valence-corrected chi connectivity index (χ1v) is 5.88. The fourth-order valence-corrected chi connectivity index (χ4v) is 2.43. The predicted molar refractivity (Wildman–Crippen MR) is 58.5 cm³/mol. The Labute approximate surface area is 90.7 Å². The zero-order chi connectivity index (χ0) is 9.97. The number of ether oxygens (including phenoxy) is 1. The first-order chi connectivity index (χ1) is 6.79. The van der Waals surface area contributed by atoms with Gasteiger partial charge in [-0.2, -0.15) is 0 Å². The van der Waals surface area contributed by atoms with Crippen LogP contribution in [0.1, 0.15) is 32.6 Å². The molecular weight excluding hydrogens is 198 g/mol. The van der Waals surface area contributed by atoms with Gasteiger partial charge in [0.1, 0.15) is 0 Å². The first-order valence-electron chi connectivity index (χ1n) is 5.44. The van der Waals surface area contributed by atoms with Crippen LogP contribution in [0.2, 0.25) is 0 Å². The second-order valence-corrected chi connectivity index (χ2v) is 4.61. The minimum absolute atomic E-state index is 0.455. The van der Waals surface area contributed by atoms with Crippen LogP contribution in [0.25, 0.3) is 0 Å². The average Bonchev–Trinajstić information content (AvgIpc) is 2.60. The molecule has 2 rings (SSSR count). The molecule has 3 unspecified atom stereocenters. The quantitative estimate of drug-likeness (QED) is 0.781. The van der Waals surface area contributed by atoms with E-state index in [2.05, 4.69) is 5.32 Å². The maximum Gasteiger partial charge on any atom is 0.0732 e. The van der Waals surface area contributed by atoms with E-state index in [9.17, 15) is 0 Å². The number of hydrogen-bond acceptors (Lipinski definition) is 2. The van der Waals surface area contributed by atoms with Gasteiger partial charge in [-0.25, -0.2) is 0 Å². The van der Waals surface area contributed by atoms with Gasteiger partial charge in [0.2, 0.25) is 0 Å². The topological polar surface area (TPSA) is 21.3 Å². The van der Waals surface area contributed by atoms with Crippen LogP contribution >= 0.6 is 11.6 Å². The van der Waals surface area contributed by atoms with E-state index in [0.717, 1.165) is 6.54 Å². The van der Waals surface area contributed by atoms with Gasteiger partial charge in [0, 0.05) is 18.1 Å². The van der Waals surface area contributed by atoms with Crippen LogP contribution in [-0.4, -0.2) is 24.8 Å². The van der Waals surface area contributed by atoms with Gasteiger partial charge in [-0.3, -0.25) is 0 Å². The number of nitrogens with one attached hydrogen (secondary N) is 1. The van der Waals surface area contributed by atoms with Crippen LogP contribution in [0.15, 0.2) is 11.1 Å². The number of halogens is 1. The van der Waals surface area contributed by atoms with E-state index >= 15 is 0 Å². The molecule has 2 fully saturated rings. The van der Waals surface area contributed by atoms with Crippen LogP contribution in [0, 0.1) is 0 Å². The molecule has 80 valence electrons. The van der Waals surface area contributed by atoms with E-state index in [1.807, 2.05) is 6.92 Å². The van der Waals surface area contributed by atoms with E-state index in [0.29, 0.717) is 18.2 Å². The van der Waals surface area contributed by atoms with Crippen molar-refractivity contribution in [3.05, 3.63) is 11.1 Å². The van der Waals surface area contributed by atoms with Crippen LogP contribution in [-0.2, 0) is 4.74 Å². The van der Waals surface area contributed by atoms with Crippen LogP contribution in [0.4, 0.5) is 0 Å². The maximum absolute atomic E-state index is 5.86. The van der Waals surface area contributed by atoms with Crippen molar-refractivity contribution < 1.29 is 4.74 Å².